The summed E-state index contributed by atoms with van der Waals surface area (Å²) in [5.41, 5.74) is 0. The van der Waals surface area contributed by atoms with Gasteiger partial charge in [0.15, 0.2) is 5.78 Å². The monoisotopic (exact) mass is 227 g/mol. The van der Waals surface area contributed by atoms with Crippen molar-refractivity contribution in [3.8, 4) is 0 Å². The highest BCUT2D eigenvalue weighted by Gasteiger charge is 2.11. The third kappa shape index (κ3) is 7.43. The number of hydrogen-bond donors (Lipinski definition) is 1. The molecule has 0 radical (unpaired) electrons. The summed E-state index contributed by atoms with van der Waals surface area (Å²) in [4.78, 5) is 22.8. The number of hydrogen-bond acceptors (Lipinski definition) is 2. The number of unbranched alkanes of at least 4 members (excludes halogenated alkanes) is 3. The van der Waals surface area contributed by atoms with Crippen LogP contribution in [0.3, 0.4) is 0 Å². The van der Waals surface area contributed by atoms with Gasteiger partial charge in [-0.05, 0) is 12.8 Å². The molecule has 94 valence electrons. The number of carbonyl (C=O) groups is 2. The van der Waals surface area contributed by atoms with Gasteiger partial charge < -0.3 is 5.32 Å². The Bertz CT molecular complexity index is 214. The fourth-order valence-electron chi connectivity index (χ4n) is 1.38. The molecule has 1 N–H and O–H groups in total. The van der Waals surface area contributed by atoms with Crippen LogP contribution < -0.4 is 5.32 Å². The highest BCUT2D eigenvalue weighted by molar-refractivity contribution is 5.86. The first-order valence-corrected chi connectivity index (χ1v) is 6.41. The number of carbonyl (C=O) groups excluding carboxylic acids is 2. The number of amides is 1. The van der Waals surface area contributed by atoms with E-state index >= 15 is 0 Å². The zero-order valence-electron chi connectivity index (χ0n) is 10.8. The second-order valence-electron chi connectivity index (χ2n) is 4.38. The minimum absolute atomic E-state index is 0.00731. The average molecular weight is 227 g/mol. The fraction of sp³-hybridized carbons (Fsp3) is 0.846. The normalized spacial score (nSPS) is 12.2. The van der Waals surface area contributed by atoms with E-state index in [-0.39, 0.29) is 24.2 Å². The van der Waals surface area contributed by atoms with Gasteiger partial charge in [-0.3, -0.25) is 9.59 Å². The Kier molecular flexibility index (Phi) is 8.87. The van der Waals surface area contributed by atoms with Gasteiger partial charge in [0.1, 0.15) is 0 Å². The van der Waals surface area contributed by atoms with E-state index < -0.39 is 0 Å². The van der Waals surface area contributed by atoms with Gasteiger partial charge in [-0.2, -0.15) is 0 Å². The van der Waals surface area contributed by atoms with Crippen LogP contribution in [0.1, 0.15) is 59.3 Å². The smallest absolute Gasteiger partial charge is 0.223 e. The number of Topliss-reactive ketones (excluding diaryl/α,β-unsaturated/α-hetero) is 1. The van der Waals surface area contributed by atoms with Crippen molar-refractivity contribution in [1.29, 1.82) is 0 Å². The van der Waals surface area contributed by atoms with Gasteiger partial charge in [-0.1, -0.05) is 40.0 Å². The second-order valence-corrected chi connectivity index (χ2v) is 4.38. The lowest BCUT2D eigenvalue weighted by atomic mass is 10.1. The molecule has 0 spiro atoms. The zero-order valence-corrected chi connectivity index (χ0v) is 10.8. The largest absolute Gasteiger partial charge is 0.349 e. The molecule has 0 aromatic carbocycles. The van der Waals surface area contributed by atoms with Gasteiger partial charge in [0.25, 0.3) is 0 Å². The summed E-state index contributed by atoms with van der Waals surface area (Å²) in [5, 5.41) is 2.69. The summed E-state index contributed by atoms with van der Waals surface area (Å²) < 4.78 is 0. The van der Waals surface area contributed by atoms with Gasteiger partial charge in [0.2, 0.25) is 5.91 Å². The summed E-state index contributed by atoms with van der Waals surface area (Å²) in [5.74, 6) is 0.144. The predicted molar refractivity (Wildman–Crippen MR) is 66.2 cm³/mol. The quantitative estimate of drug-likeness (QED) is 0.616. The molecule has 0 bridgehead atoms. The van der Waals surface area contributed by atoms with E-state index in [1.807, 2.05) is 13.8 Å². The van der Waals surface area contributed by atoms with Crippen molar-refractivity contribution in [2.45, 2.75) is 59.3 Å². The van der Waals surface area contributed by atoms with Crippen molar-refractivity contribution in [2.24, 2.45) is 5.92 Å². The van der Waals surface area contributed by atoms with Gasteiger partial charge in [0.05, 0.1) is 6.54 Å². The third-order valence-electron chi connectivity index (χ3n) is 2.83. The minimum atomic E-state index is -0.00981. The molecule has 0 heterocycles. The van der Waals surface area contributed by atoms with Gasteiger partial charge in [0, 0.05) is 12.3 Å². The molecule has 3 heteroatoms. The van der Waals surface area contributed by atoms with Gasteiger partial charge >= 0.3 is 0 Å². The van der Waals surface area contributed by atoms with Gasteiger partial charge in [-0.25, -0.2) is 0 Å². The van der Waals surface area contributed by atoms with Crippen molar-refractivity contribution in [3.63, 3.8) is 0 Å². The summed E-state index contributed by atoms with van der Waals surface area (Å²) in [6.07, 6.45) is 5.84. The van der Waals surface area contributed by atoms with Crippen LogP contribution in [0.25, 0.3) is 0 Å². The van der Waals surface area contributed by atoms with Crippen LogP contribution in [-0.2, 0) is 9.59 Å². The second kappa shape index (κ2) is 9.37. The Morgan fingerprint density at radius 2 is 1.81 bits per heavy atom. The lowest BCUT2D eigenvalue weighted by Gasteiger charge is -2.09. The average Bonchev–Trinajstić information content (AvgIpc) is 2.30. The molecule has 0 aromatic heterocycles. The predicted octanol–water partition coefficient (Wildman–Crippen LogP) is 2.69. The fourth-order valence-corrected chi connectivity index (χ4v) is 1.38. The molecule has 0 saturated carbocycles. The van der Waals surface area contributed by atoms with Crippen LogP contribution in [0, 0.1) is 5.92 Å². The van der Waals surface area contributed by atoms with E-state index in [1.165, 1.54) is 12.8 Å². The topological polar surface area (TPSA) is 46.2 Å². The summed E-state index contributed by atoms with van der Waals surface area (Å²) in [7, 11) is 0. The van der Waals surface area contributed by atoms with E-state index in [1.54, 1.807) is 0 Å². The third-order valence-corrected chi connectivity index (χ3v) is 2.83. The standard InChI is InChI=1S/C13H25NO2/c1-4-6-7-8-9-12(15)10-14-13(16)11(3)5-2/h11H,4-10H2,1-3H3,(H,14,16). The molecular weight excluding hydrogens is 202 g/mol. The highest BCUT2D eigenvalue weighted by Crippen LogP contribution is 2.03. The maximum atomic E-state index is 11.4. The van der Waals surface area contributed by atoms with Crippen LogP contribution in [0.2, 0.25) is 0 Å². The van der Waals surface area contributed by atoms with E-state index in [9.17, 15) is 9.59 Å². The van der Waals surface area contributed by atoms with Crippen molar-refractivity contribution in [2.75, 3.05) is 6.54 Å². The first-order chi connectivity index (χ1) is 7.61. The molecule has 1 atom stereocenters. The number of rotatable bonds is 9. The van der Waals surface area contributed by atoms with Crippen LogP contribution in [-0.4, -0.2) is 18.2 Å². The first kappa shape index (κ1) is 15.1. The van der Waals surface area contributed by atoms with E-state index in [0.29, 0.717) is 6.42 Å². The molecule has 16 heavy (non-hydrogen) atoms. The molecule has 0 fully saturated rings. The molecule has 0 aliphatic heterocycles. The summed E-state index contributed by atoms with van der Waals surface area (Å²) >= 11 is 0. The summed E-state index contributed by atoms with van der Waals surface area (Å²) in [6, 6.07) is 0. The van der Waals surface area contributed by atoms with Crippen molar-refractivity contribution in [1.82, 2.24) is 5.32 Å². The van der Waals surface area contributed by atoms with Crippen LogP contribution in [0.5, 0.6) is 0 Å². The Morgan fingerprint density at radius 1 is 1.12 bits per heavy atom. The Balaban J connectivity index is 3.53. The Hall–Kier alpha value is -0.860. The van der Waals surface area contributed by atoms with Crippen molar-refractivity contribution >= 4 is 11.7 Å². The van der Waals surface area contributed by atoms with Crippen LogP contribution in [0.15, 0.2) is 0 Å². The van der Waals surface area contributed by atoms with Gasteiger partial charge in [-0.15, -0.1) is 0 Å². The van der Waals surface area contributed by atoms with Crippen molar-refractivity contribution in [3.05, 3.63) is 0 Å². The van der Waals surface area contributed by atoms with E-state index in [4.69, 9.17) is 0 Å². The lowest BCUT2D eigenvalue weighted by molar-refractivity contribution is -0.127. The molecule has 0 aromatic rings. The summed E-state index contributed by atoms with van der Waals surface area (Å²) in [6.45, 7) is 6.20. The lowest BCUT2D eigenvalue weighted by Crippen LogP contribution is -2.33. The molecule has 0 rings (SSSR count). The Labute approximate surface area is 99.0 Å². The zero-order chi connectivity index (χ0) is 12.4. The molecular formula is C13H25NO2. The molecule has 0 aliphatic carbocycles. The molecule has 1 unspecified atom stereocenters. The van der Waals surface area contributed by atoms with Crippen LogP contribution >= 0.6 is 0 Å². The SMILES string of the molecule is CCCCCCC(=O)CNC(=O)C(C)CC. The van der Waals surface area contributed by atoms with E-state index in [0.717, 1.165) is 19.3 Å². The molecule has 3 nitrogen and oxygen atoms in total. The maximum absolute atomic E-state index is 11.4. The Morgan fingerprint density at radius 3 is 2.38 bits per heavy atom. The van der Waals surface area contributed by atoms with Crippen molar-refractivity contribution < 1.29 is 9.59 Å². The molecule has 1 amide bonds. The van der Waals surface area contributed by atoms with E-state index in [2.05, 4.69) is 12.2 Å². The minimum Gasteiger partial charge on any atom is -0.349 e. The maximum Gasteiger partial charge on any atom is 0.223 e. The molecule has 0 aliphatic rings. The number of nitrogens with one attached hydrogen (secondary N) is 1. The number of ketones is 1. The highest BCUT2D eigenvalue weighted by atomic mass is 16.2. The first-order valence-electron chi connectivity index (χ1n) is 6.41. The molecule has 0 saturated heterocycles. The van der Waals surface area contributed by atoms with Crippen LogP contribution in [0.4, 0.5) is 0 Å².